The summed E-state index contributed by atoms with van der Waals surface area (Å²) >= 11 is 0. The highest BCUT2D eigenvalue weighted by Gasteiger charge is 2.64. The van der Waals surface area contributed by atoms with Crippen LogP contribution in [0, 0.1) is 34.5 Å². The molecule has 0 aromatic heterocycles. The second kappa shape index (κ2) is 35.7. The SMILES string of the molecule is CC(C)(C(F)(F)F)C(F)(F)F.CC(C)(C)C(F)(F)F.CCC(C)C.CCC(C)C(F)(F)F.CCCCC.CCCCCC(F)(F)F.CCC[C@H](C)C(F)(F)F.[2H]C(C)(C)C(F)(F)F. The minimum atomic E-state index is -5.24. The van der Waals surface area contributed by atoms with E-state index in [4.69, 9.17) is 1.37 Å². The average molecular weight is 970 g/mol. The van der Waals surface area contributed by atoms with Crippen molar-refractivity contribution in [2.45, 2.75) is 232 Å². The van der Waals surface area contributed by atoms with Gasteiger partial charge in [-0.15, -0.1) is 0 Å². The molecule has 0 amide bonds. The summed E-state index contributed by atoms with van der Waals surface area (Å²) in [4.78, 5) is 0. The third-order valence-corrected chi connectivity index (χ3v) is 7.87. The first kappa shape index (κ1) is 74.9. The number of rotatable bonds is 9. The van der Waals surface area contributed by atoms with E-state index < -0.39 is 78.2 Å². The molecule has 1 unspecified atom stereocenters. The molecule has 0 aliphatic carbocycles. The molecule has 0 aliphatic rings. The van der Waals surface area contributed by atoms with Crippen molar-refractivity contribution in [2.75, 3.05) is 0 Å². The van der Waals surface area contributed by atoms with Crippen LogP contribution in [-0.2, 0) is 0 Å². The summed E-state index contributed by atoms with van der Waals surface area (Å²) in [7, 11) is 0. The Labute approximate surface area is 359 Å². The van der Waals surface area contributed by atoms with Gasteiger partial charge in [-0.1, -0.05) is 149 Å². The molecule has 0 aromatic carbocycles. The van der Waals surface area contributed by atoms with Gasteiger partial charge in [-0.2, -0.15) is 92.2 Å². The van der Waals surface area contributed by atoms with Gasteiger partial charge in [-0.3, -0.25) is 0 Å². The average Bonchev–Trinajstić information content (AvgIpc) is 3.03. The van der Waals surface area contributed by atoms with E-state index in [0.29, 0.717) is 12.8 Å². The number of alkyl halides is 21. The van der Waals surface area contributed by atoms with Crippen LogP contribution < -0.4 is 0 Å². The highest BCUT2D eigenvalue weighted by molar-refractivity contribution is 4.84. The van der Waals surface area contributed by atoms with Crippen molar-refractivity contribution in [1.82, 2.24) is 0 Å². The number of hydrogen-bond donors (Lipinski definition) is 0. The highest BCUT2D eigenvalue weighted by atomic mass is 19.4. The number of halogens is 21. The van der Waals surface area contributed by atoms with Crippen molar-refractivity contribution < 1.29 is 93.6 Å². The zero-order valence-corrected chi connectivity index (χ0v) is 39.4. The molecule has 0 heterocycles. The van der Waals surface area contributed by atoms with Crippen LogP contribution in [0.1, 0.15) is 190 Å². The van der Waals surface area contributed by atoms with E-state index >= 15 is 0 Å². The summed E-state index contributed by atoms with van der Waals surface area (Å²) in [6.07, 6.45) is -23.3. The summed E-state index contributed by atoms with van der Waals surface area (Å²) < 4.78 is 248. The largest absolute Gasteiger partial charge is 0.402 e. The fourth-order valence-corrected chi connectivity index (χ4v) is 1.92. The van der Waals surface area contributed by atoms with E-state index in [1.165, 1.54) is 46.5 Å². The van der Waals surface area contributed by atoms with Crippen molar-refractivity contribution in [2.24, 2.45) is 34.5 Å². The summed E-state index contributed by atoms with van der Waals surface area (Å²) in [5.41, 5.74) is -5.19. The Morgan fingerprint density at radius 2 is 0.661 bits per heavy atom. The van der Waals surface area contributed by atoms with Gasteiger partial charge in [0.05, 0.1) is 17.3 Å². The molecule has 2 atom stereocenters. The van der Waals surface area contributed by atoms with Crippen LogP contribution in [0.15, 0.2) is 0 Å². The smallest absolute Gasteiger partial charge is 0.171 e. The lowest BCUT2D eigenvalue weighted by atomic mass is 9.92. The predicted octanol–water partition coefficient (Wildman–Crippen LogP) is 20.9. The Morgan fingerprint density at radius 3 is 0.726 bits per heavy atom. The van der Waals surface area contributed by atoms with Crippen LogP contribution in [0.3, 0.4) is 0 Å². The lowest BCUT2D eigenvalue weighted by Gasteiger charge is -2.29. The Hall–Kier alpha value is -1.47. The molecule has 0 rings (SSSR count). The topological polar surface area (TPSA) is 0 Å². The molecule has 0 aliphatic heterocycles. The fraction of sp³-hybridized carbons (Fsp3) is 1.00. The van der Waals surface area contributed by atoms with Crippen molar-refractivity contribution in [1.29, 1.82) is 0 Å². The molecule has 0 saturated carbocycles. The van der Waals surface area contributed by atoms with Crippen molar-refractivity contribution in [3.8, 4) is 0 Å². The second-order valence-electron chi connectivity index (χ2n) is 16.2. The van der Waals surface area contributed by atoms with E-state index in [-0.39, 0.29) is 33.1 Å². The lowest BCUT2D eigenvalue weighted by molar-refractivity contribution is -0.327. The quantitative estimate of drug-likeness (QED) is 0.160. The molecule has 0 bridgehead atoms. The highest BCUT2D eigenvalue weighted by Crippen LogP contribution is 2.49. The molecule has 0 fully saturated rings. The fourth-order valence-electron chi connectivity index (χ4n) is 1.92. The van der Waals surface area contributed by atoms with Crippen LogP contribution in [0.2, 0.25) is 0 Å². The van der Waals surface area contributed by atoms with Gasteiger partial charge in [0.25, 0.3) is 0 Å². The maximum Gasteiger partial charge on any atom is 0.402 e. The summed E-state index contributed by atoms with van der Waals surface area (Å²) in [6, 6.07) is 0. The van der Waals surface area contributed by atoms with Crippen LogP contribution >= 0.6 is 0 Å². The van der Waals surface area contributed by atoms with E-state index in [1.807, 2.05) is 6.92 Å². The normalized spacial score (nSPS) is 14.0. The van der Waals surface area contributed by atoms with E-state index in [0.717, 1.165) is 47.0 Å². The van der Waals surface area contributed by atoms with Crippen LogP contribution in [-0.4, -0.2) is 43.2 Å². The van der Waals surface area contributed by atoms with Gasteiger partial charge in [0.2, 0.25) is 0 Å². The Kier molecular flexibility index (Phi) is 43.2. The molecule has 0 nitrogen and oxygen atoms in total. The van der Waals surface area contributed by atoms with Crippen molar-refractivity contribution in [3.05, 3.63) is 0 Å². The van der Waals surface area contributed by atoms with Crippen molar-refractivity contribution in [3.63, 3.8) is 0 Å². The van der Waals surface area contributed by atoms with Gasteiger partial charge in [-0.25, -0.2) is 0 Å². The first-order chi connectivity index (χ1) is 27.2. The van der Waals surface area contributed by atoms with Crippen LogP contribution in [0.4, 0.5) is 92.2 Å². The second-order valence-corrected chi connectivity index (χ2v) is 16.2. The maximum absolute atomic E-state index is 11.6. The van der Waals surface area contributed by atoms with Gasteiger partial charge >= 0.3 is 43.2 Å². The summed E-state index contributed by atoms with van der Waals surface area (Å²) in [5, 5.41) is 0. The molecule has 0 saturated heterocycles. The number of hydrogen-bond acceptors (Lipinski definition) is 0. The lowest BCUT2D eigenvalue weighted by Crippen LogP contribution is -2.44. The third kappa shape index (κ3) is 56.5. The molecular weight excluding hydrogens is 891 g/mol. The van der Waals surface area contributed by atoms with Crippen LogP contribution in [0.5, 0.6) is 0 Å². The third-order valence-electron chi connectivity index (χ3n) is 7.87. The van der Waals surface area contributed by atoms with Crippen LogP contribution in [0.25, 0.3) is 0 Å². The Morgan fingerprint density at radius 1 is 0.387 bits per heavy atom. The summed E-state index contributed by atoms with van der Waals surface area (Å²) in [6.45, 7) is 23.9. The molecule has 0 spiro atoms. The molecule has 0 N–H and O–H groups in total. The molecule has 62 heavy (non-hydrogen) atoms. The molecule has 388 valence electrons. The molecule has 21 heteroatoms. The number of unbranched alkanes of at least 4 members (excludes halogenated alkanes) is 4. The zero-order valence-electron chi connectivity index (χ0n) is 40.4. The zero-order chi connectivity index (χ0) is 53.5. The summed E-state index contributed by atoms with van der Waals surface area (Å²) in [5.74, 6) is -3.72. The minimum Gasteiger partial charge on any atom is -0.171 e. The molecule has 0 radical (unpaired) electrons. The van der Waals surface area contributed by atoms with Crippen molar-refractivity contribution >= 4 is 0 Å². The van der Waals surface area contributed by atoms with Gasteiger partial charge in [-0.05, 0) is 39.0 Å². The van der Waals surface area contributed by atoms with Gasteiger partial charge in [0.1, 0.15) is 0 Å². The Balaban J connectivity index is -0.0000000924. The van der Waals surface area contributed by atoms with Gasteiger partial charge in [0, 0.05) is 13.7 Å². The first-order valence-corrected chi connectivity index (χ1v) is 20.2. The molecule has 0 aromatic rings. The van der Waals surface area contributed by atoms with E-state index in [9.17, 15) is 92.2 Å². The predicted molar refractivity (Wildman–Crippen MR) is 208 cm³/mol. The standard InChI is InChI=1S/2C6H11F3.C5H6F6.2C5H9F3.2C5H12.C4H7F3/c1-3-4-5(2)6(7,8)9;1-2-3-4-5-6(7,8)9;1-3(2,4(6,7)8)5(9,10)11;1-4(2,3)5(6,7)8;1-3-4(2)5(6,7)8;1-4-5(2)3;1-3-5-4-2;1-3(2)4(5,6)7/h5H,3-4H2,1-2H3;2-5H2,1H3;1-2H3;1-3H3;4H,3H2,1-2H3;5H,4H2,1-3H3;3-5H2,1-2H3;3H,1-2H3/t5-;;;;;;;/m0......./s1/i;;;;;;;3D. The van der Waals surface area contributed by atoms with Gasteiger partial charge < -0.3 is 0 Å². The van der Waals surface area contributed by atoms with Gasteiger partial charge in [0.15, 0.2) is 5.41 Å². The maximum atomic E-state index is 11.6. The van der Waals surface area contributed by atoms with E-state index in [2.05, 4.69) is 34.6 Å². The first-order valence-electron chi connectivity index (χ1n) is 20.7. The molecular formula is C41H77F21. The van der Waals surface area contributed by atoms with E-state index in [1.54, 1.807) is 6.92 Å². The minimum absolute atomic E-state index is 0.104. The Bertz CT molecular complexity index is 919. The monoisotopic (exact) mass is 970 g/mol.